The van der Waals surface area contributed by atoms with Crippen LogP contribution in [0.5, 0.6) is 0 Å². The van der Waals surface area contributed by atoms with Crippen LogP contribution in [0.15, 0.2) is 182 Å². The Balaban J connectivity index is 1.15. The van der Waals surface area contributed by atoms with Crippen LogP contribution >= 0.6 is 45.3 Å². The summed E-state index contributed by atoms with van der Waals surface area (Å²) in [5, 5.41) is 13.6. The van der Waals surface area contributed by atoms with Gasteiger partial charge in [-0.05, 0) is 173 Å². The molecule has 0 atom stereocenters. The summed E-state index contributed by atoms with van der Waals surface area (Å²) < 4.78 is 0. The van der Waals surface area contributed by atoms with Gasteiger partial charge in [0.25, 0.3) is 0 Å². The van der Waals surface area contributed by atoms with E-state index < -0.39 is 0 Å². The van der Waals surface area contributed by atoms with Crippen molar-refractivity contribution in [1.29, 1.82) is 0 Å². The third-order valence-corrected chi connectivity index (χ3v) is 18.8. The minimum Gasteiger partial charge on any atom is -0.140 e. The summed E-state index contributed by atoms with van der Waals surface area (Å²) in [5.41, 5.74) is 15.7. The Kier molecular flexibility index (Phi) is 9.04. The van der Waals surface area contributed by atoms with Gasteiger partial charge in [0.05, 0.1) is 0 Å². The highest BCUT2D eigenvalue weighted by Crippen LogP contribution is 2.60. The molecule has 0 saturated carbocycles. The summed E-state index contributed by atoms with van der Waals surface area (Å²) in [6.45, 7) is 9.33. The lowest BCUT2D eigenvalue weighted by molar-refractivity contribution is 1.58. The predicted octanol–water partition coefficient (Wildman–Crippen LogP) is 20.6. The van der Waals surface area contributed by atoms with Crippen molar-refractivity contribution in [2.75, 3.05) is 0 Å². The molecule has 0 spiro atoms. The number of rotatable bonds is 8. The SMILES string of the molecule is Cc1sc(-c2ccccc2)cc1-c1c(-c2cc(-c3ccccc3)sc2C)c2ccc3c(-c4cc(-c5ccccc5)sc4C)c(-c4cc(-c5ccccc5)sc4C)c4ccc5ccc1c1c5c4c3c21. The van der Waals surface area contributed by atoms with E-state index in [1.165, 1.54) is 160 Å². The summed E-state index contributed by atoms with van der Waals surface area (Å²) in [5.74, 6) is 0. The van der Waals surface area contributed by atoms with Gasteiger partial charge in [0.1, 0.15) is 0 Å². The Morgan fingerprint density at radius 3 is 0.750 bits per heavy atom. The molecule has 0 fully saturated rings. The minimum absolute atomic E-state index is 1.26. The van der Waals surface area contributed by atoms with Gasteiger partial charge < -0.3 is 0 Å². The van der Waals surface area contributed by atoms with Crippen molar-refractivity contribution < 1.29 is 0 Å². The third-order valence-electron chi connectivity index (χ3n) is 14.5. The lowest BCUT2D eigenvalue weighted by atomic mass is 9.82. The van der Waals surface area contributed by atoms with Crippen LogP contribution < -0.4 is 0 Å². The van der Waals surface area contributed by atoms with Gasteiger partial charge in [-0.3, -0.25) is 0 Å². The maximum atomic E-state index is 2.51. The molecule has 14 rings (SSSR count). The van der Waals surface area contributed by atoms with Crippen molar-refractivity contribution in [3.63, 3.8) is 0 Å². The van der Waals surface area contributed by atoms with Gasteiger partial charge in [0.15, 0.2) is 0 Å². The molecule has 0 saturated heterocycles. The van der Waals surface area contributed by atoms with E-state index in [2.05, 4.69) is 210 Å². The smallest absolute Gasteiger partial charge is 0.0351 e. The molecule has 14 aromatic rings. The topological polar surface area (TPSA) is 0 Å². The van der Waals surface area contributed by atoms with Crippen molar-refractivity contribution in [3.8, 4) is 86.3 Å². The molecule has 0 radical (unpaired) electrons. The zero-order chi connectivity index (χ0) is 45.4. The first-order valence-corrected chi connectivity index (χ1v) is 26.6. The molecule has 0 N–H and O–H groups in total. The van der Waals surface area contributed by atoms with Crippen LogP contribution in [-0.2, 0) is 0 Å². The molecule has 0 amide bonds. The fraction of sp³-hybridized carbons (Fsp3) is 0.0625. The number of thiophene rings is 4. The fourth-order valence-electron chi connectivity index (χ4n) is 11.5. The number of hydrogen-bond acceptors (Lipinski definition) is 4. The normalized spacial score (nSPS) is 12.1. The molecular weight excluding hydrogens is 897 g/mol. The summed E-state index contributed by atoms with van der Waals surface area (Å²) in [6, 6.07) is 68.4. The summed E-state index contributed by atoms with van der Waals surface area (Å²) in [4.78, 5) is 10.6. The Labute approximate surface area is 411 Å². The average molecular weight is 939 g/mol. The van der Waals surface area contributed by atoms with E-state index >= 15 is 0 Å². The van der Waals surface area contributed by atoms with Crippen molar-refractivity contribution in [2.45, 2.75) is 27.7 Å². The molecule has 0 aliphatic rings. The molecule has 322 valence electrons. The van der Waals surface area contributed by atoms with Gasteiger partial charge in [-0.1, -0.05) is 158 Å². The molecule has 0 nitrogen and oxygen atoms in total. The second-order valence-corrected chi connectivity index (χ2v) is 23.3. The molecule has 0 bridgehead atoms. The van der Waals surface area contributed by atoms with Gasteiger partial charge in [-0.15, -0.1) is 45.3 Å². The highest BCUT2D eigenvalue weighted by molar-refractivity contribution is 7.17. The molecule has 4 heterocycles. The largest absolute Gasteiger partial charge is 0.140 e. The standard InChI is InChI=1S/C64H42S4/c1-35-48(31-52(65-35)39-17-9-5-10-18-39)57-44-27-25-43-26-28-45-58(49-32-53(66-36(49)2)40-19-11-6-12-20-40)60(51-34-55(68-38(51)4)42-23-15-8-16-24-42)47-30-29-46(63-61(44)56(43)62(45)64(47)63)59(57)50-33-54(67-37(50)3)41-21-13-7-14-22-41/h5-34H,1-4H3. The number of hydrogen-bond donors (Lipinski definition) is 0. The monoisotopic (exact) mass is 938 g/mol. The zero-order valence-electron chi connectivity index (χ0n) is 38.0. The average Bonchev–Trinajstić information content (AvgIpc) is 4.23. The second kappa shape index (κ2) is 15.3. The van der Waals surface area contributed by atoms with Crippen molar-refractivity contribution in [3.05, 3.63) is 201 Å². The van der Waals surface area contributed by atoms with Crippen LogP contribution in [0.1, 0.15) is 19.5 Å². The molecular formula is C64H42S4. The highest BCUT2D eigenvalue weighted by atomic mass is 32.1. The first-order valence-electron chi connectivity index (χ1n) is 23.3. The van der Waals surface area contributed by atoms with Gasteiger partial charge in [-0.25, -0.2) is 0 Å². The van der Waals surface area contributed by atoms with Crippen molar-refractivity contribution >= 4 is 99.2 Å². The lowest BCUT2D eigenvalue weighted by Gasteiger charge is -2.20. The maximum Gasteiger partial charge on any atom is 0.0351 e. The Hall–Kier alpha value is -6.92. The summed E-state index contributed by atoms with van der Waals surface area (Å²) in [6.07, 6.45) is 0. The maximum absolute atomic E-state index is 2.51. The quantitative estimate of drug-likeness (QED) is 0.133. The van der Waals surface area contributed by atoms with Crippen molar-refractivity contribution in [2.24, 2.45) is 0 Å². The van der Waals surface area contributed by atoms with Gasteiger partial charge in [0.2, 0.25) is 0 Å². The molecule has 0 unspecified atom stereocenters. The molecule has 0 aliphatic carbocycles. The van der Waals surface area contributed by atoms with Crippen LogP contribution in [-0.4, -0.2) is 0 Å². The Bertz CT molecular complexity index is 3930. The minimum atomic E-state index is 1.26. The Morgan fingerprint density at radius 1 is 0.250 bits per heavy atom. The van der Waals surface area contributed by atoms with E-state index in [9.17, 15) is 0 Å². The Morgan fingerprint density at radius 2 is 0.485 bits per heavy atom. The fourth-order valence-corrected chi connectivity index (χ4v) is 15.6. The van der Waals surface area contributed by atoms with E-state index in [4.69, 9.17) is 0 Å². The van der Waals surface area contributed by atoms with Crippen LogP contribution in [0.25, 0.3) is 140 Å². The van der Waals surface area contributed by atoms with Crippen LogP contribution in [0.4, 0.5) is 0 Å². The van der Waals surface area contributed by atoms with Gasteiger partial charge in [0, 0.05) is 39.0 Å². The predicted molar refractivity (Wildman–Crippen MR) is 301 cm³/mol. The lowest BCUT2D eigenvalue weighted by Crippen LogP contribution is -1.93. The molecule has 4 aromatic heterocycles. The third kappa shape index (κ3) is 5.88. The molecule has 4 heteroatoms. The zero-order valence-corrected chi connectivity index (χ0v) is 41.2. The van der Waals surface area contributed by atoms with Gasteiger partial charge >= 0.3 is 0 Å². The number of aryl methyl sites for hydroxylation is 4. The van der Waals surface area contributed by atoms with E-state index in [0.717, 1.165) is 0 Å². The summed E-state index contributed by atoms with van der Waals surface area (Å²) >= 11 is 7.65. The molecule has 10 aromatic carbocycles. The van der Waals surface area contributed by atoms with Crippen molar-refractivity contribution in [1.82, 2.24) is 0 Å². The van der Waals surface area contributed by atoms with E-state index in [1.54, 1.807) is 0 Å². The van der Waals surface area contributed by atoms with E-state index in [0.29, 0.717) is 0 Å². The number of benzene rings is 9. The molecule has 0 aliphatic heterocycles. The second-order valence-electron chi connectivity index (χ2n) is 18.3. The summed E-state index contributed by atoms with van der Waals surface area (Å²) in [7, 11) is 0. The van der Waals surface area contributed by atoms with Crippen LogP contribution in [0, 0.1) is 27.7 Å². The first-order chi connectivity index (χ1) is 33.4. The van der Waals surface area contributed by atoms with Crippen LogP contribution in [0.2, 0.25) is 0 Å². The first kappa shape index (κ1) is 40.2. The van der Waals surface area contributed by atoms with Crippen LogP contribution in [0.3, 0.4) is 0 Å². The van der Waals surface area contributed by atoms with Gasteiger partial charge in [-0.2, -0.15) is 0 Å². The van der Waals surface area contributed by atoms with E-state index in [1.807, 2.05) is 45.3 Å². The molecule has 68 heavy (non-hydrogen) atoms. The van der Waals surface area contributed by atoms with E-state index in [-0.39, 0.29) is 0 Å². The highest BCUT2D eigenvalue weighted by Gasteiger charge is 2.32.